The van der Waals surface area contributed by atoms with Gasteiger partial charge in [0.15, 0.2) is 0 Å². The summed E-state index contributed by atoms with van der Waals surface area (Å²) in [5, 5.41) is 12.0. The zero-order valence-electron chi connectivity index (χ0n) is 10.4. The highest BCUT2D eigenvalue weighted by Crippen LogP contribution is 2.09. The van der Waals surface area contributed by atoms with E-state index in [1.165, 1.54) is 12.4 Å². The van der Waals surface area contributed by atoms with E-state index in [0.717, 1.165) is 12.8 Å². The minimum absolute atomic E-state index is 0.140. The molecule has 0 aromatic carbocycles. The van der Waals surface area contributed by atoms with Gasteiger partial charge in [-0.15, -0.1) is 0 Å². The second-order valence-corrected chi connectivity index (χ2v) is 4.49. The lowest BCUT2D eigenvalue weighted by atomic mass is 10.0. The molecule has 1 unspecified atom stereocenters. The van der Waals surface area contributed by atoms with E-state index < -0.39 is 0 Å². The number of hydrogen-bond acceptors (Lipinski definition) is 4. The molecule has 100 valence electrons. The van der Waals surface area contributed by atoms with Gasteiger partial charge in [-0.2, -0.15) is 0 Å². The Bertz CT molecular complexity index is 364. The number of hydrogen-bond donors (Lipinski definition) is 2. The summed E-state index contributed by atoms with van der Waals surface area (Å²) in [6.07, 6.45) is 5.39. The smallest absolute Gasteiger partial charge is 0.271 e. The van der Waals surface area contributed by atoms with Crippen LogP contribution in [0, 0.1) is 5.92 Å². The first-order valence-corrected chi connectivity index (χ1v) is 6.41. The molecule has 0 aliphatic carbocycles. The molecule has 1 amide bonds. The topological polar surface area (TPSA) is 75.1 Å². The van der Waals surface area contributed by atoms with Crippen LogP contribution in [0.5, 0.6) is 0 Å². The van der Waals surface area contributed by atoms with Crippen LogP contribution in [-0.2, 0) is 0 Å². The van der Waals surface area contributed by atoms with Crippen molar-refractivity contribution < 1.29 is 9.90 Å². The van der Waals surface area contributed by atoms with E-state index in [0.29, 0.717) is 18.9 Å². The number of carbonyl (C=O) groups is 1. The number of rotatable bonds is 7. The van der Waals surface area contributed by atoms with E-state index in [1.807, 2.05) is 0 Å². The average molecular weight is 272 g/mol. The molecule has 1 atom stereocenters. The zero-order chi connectivity index (χ0) is 13.4. The van der Waals surface area contributed by atoms with Gasteiger partial charge in [-0.25, -0.2) is 9.97 Å². The van der Waals surface area contributed by atoms with Crippen LogP contribution >= 0.6 is 11.6 Å². The van der Waals surface area contributed by atoms with Crippen LogP contribution in [0.25, 0.3) is 0 Å². The fourth-order valence-corrected chi connectivity index (χ4v) is 1.79. The maximum Gasteiger partial charge on any atom is 0.271 e. The van der Waals surface area contributed by atoms with Gasteiger partial charge >= 0.3 is 0 Å². The molecular weight excluding hydrogens is 254 g/mol. The van der Waals surface area contributed by atoms with Crippen LogP contribution in [0.1, 0.15) is 36.7 Å². The predicted molar refractivity (Wildman–Crippen MR) is 69.5 cm³/mol. The van der Waals surface area contributed by atoms with Crippen molar-refractivity contribution in [3.63, 3.8) is 0 Å². The first kappa shape index (κ1) is 14.9. The minimum atomic E-state index is -0.266. The highest BCUT2D eigenvalue weighted by atomic mass is 35.5. The zero-order valence-corrected chi connectivity index (χ0v) is 11.2. The summed E-state index contributed by atoms with van der Waals surface area (Å²) < 4.78 is 0. The van der Waals surface area contributed by atoms with Gasteiger partial charge in [0.2, 0.25) is 0 Å². The van der Waals surface area contributed by atoms with Gasteiger partial charge in [-0.3, -0.25) is 4.79 Å². The van der Waals surface area contributed by atoms with Gasteiger partial charge in [0, 0.05) is 13.2 Å². The lowest BCUT2D eigenvalue weighted by Gasteiger charge is -2.15. The van der Waals surface area contributed by atoms with Crippen molar-refractivity contribution in [1.29, 1.82) is 0 Å². The predicted octanol–water partition coefficient (Wildman–Crippen LogP) is 1.66. The van der Waals surface area contributed by atoms with Gasteiger partial charge in [0.25, 0.3) is 5.91 Å². The molecule has 0 spiro atoms. The van der Waals surface area contributed by atoms with Crippen molar-refractivity contribution >= 4 is 17.5 Å². The van der Waals surface area contributed by atoms with Gasteiger partial charge < -0.3 is 10.4 Å². The summed E-state index contributed by atoms with van der Waals surface area (Å²) in [6, 6.07) is 0. The largest absolute Gasteiger partial charge is 0.396 e. The molecule has 2 N–H and O–H groups in total. The standard InChI is InChI=1S/C12H18ClN3O2/c1-2-3-9(4-5-17)6-16-12(18)10-7-15-11(13)8-14-10/h7-9,17H,2-6H2,1H3,(H,16,18). The van der Waals surface area contributed by atoms with Crippen molar-refractivity contribution in [2.45, 2.75) is 26.2 Å². The Hall–Kier alpha value is -1.20. The van der Waals surface area contributed by atoms with E-state index in [2.05, 4.69) is 22.2 Å². The fraction of sp³-hybridized carbons (Fsp3) is 0.583. The van der Waals surface area contributed by atoms with E-state index >= 15 is 0 Å². The van der Waals surface area contributed by atoms with Crippen LogP contribution in [0.15, 0.2) is 12.4 Å². The third-order valence-electron chi connectivity index (χ3n) is 2.64. The number of nitrogens with zero attached hydrogens (tertiary/aromatic N) is 2. The Morgan fingerprint density at radius 1 is 1.44 bits per heavy atom. The van der Waals surface area contributed by atoms with Gasteiger partial charge in [0.05, 0.1) is 12.4 Å². The first-order chi connectivity index (χ1) is 8.67. The number of amides is 1. The molecule has 5 nitrogen and oxygen atoms in total. The minimum Gasteiger partial charge on any atom is -0.396 e. The quantitative estimate of drug-likeness (QED) is 0.791. The van der Waals surface area contributed by atoms with E-state index in [9.17, 15) is 4.79 Å². The van der Waals surface area contributed by atoms with Gasteiger partial charge in [-0.1, -0.05) is 24.9 Å². The molecule has 0 aliphatic rings. The Morgan fingerprint density at radius 3 is 2.78 bits per heavy atom. The Balaban J connectivity index is 2.46. The van der Waals surface area contributed by atoms with Gasteiger partial charge in [-0.05, 0) is 18.8 Å². The van der Waals surface area contributed by atoms with Crippen LogP contribution in [0.2, 0.25) is 5.15 Å². The SMILES string of the molecule is CCCC(CCO)CNC(=O)c1cnc(Cl)cn1. The number of aromatic nitrogens is 2. The Kier molecular flexibility index (Phi) is 6.60. The molecular formula is C12H18ClN3O2. The highest BCUT2D eigenvalue weighted by Gasteiger charge is 2.11. The molecule has 1 aromatic rings. The summed E-state index contributed by atoms with van der Waals surface area (Å²) in [5.41, 5.74) is 0.249. The number of halogens is 1. The summed E-state index contributed by atoms with van der Waals surface area (Å²) in [5.74, 6) is 0.0300. The van der Waals surface area contributed by atoms with Crippen molar-refractivity contribution in [3.05, 3.63) is 23.2 Å². The van der Waals surface area contributed by atoms with Crippen molar-refractivity contribution in [2.75, 3.05) is 13.2 Å². The van der Waals surface area contributed by atoms with Crippen molar-refractivity contribution in [3.8, 4) is 0 Å². The molecule has 0 bridgehead atoms. The summed E-state index contributed by atoms with van der Waals surface area (Å²) in [7, 11) is 0. The molecule has 0 aliphatic heterocycles. The number of aliphatic hydroxyl groups excluding tert-OH is 1. The lowest BCUT2D eigenvalue weighted by Crippen LogP contribution is -2.30. The fourth-order valence-electron chi connectivity index (χ4n) is 1.70. The van der Waals surface area contributed by atoms with E-state index in [-0.39, 0.29) is 23.4 Å². The third-order valence-corrected chi connectivity index (χ3v) is 2.83. The van der Waals surface area contributed by atoms with Gasteiger partial charge in [0.1, 0.15) is 10.8 Å². The van der Waals surface area contributed by atoms with Crippen LogP contribution in [0.4, 0.5) is 0 Å². The van der Waals surface area contributed by atoms with Crippen LogP contribution in [-0.4, -0.2) is 34.1 Å². The summed E-state index contributed by atoms with van der Waals surface area (Å²) in [6.45, 7) is 2.76. The average Bonchev–Trinajstić information content (AvgIpc) is 2.37. The molecule has 0 saturated carbocycles. The van der Waals surface area contributed by atoms with E-state index in [4.69, 9.17) is 16.7 Å². The molecule has 0 radical (unpaired) electrons. The van der Waals surface area contributed by atoms with Crippen molar-refractivity contribution in [2.24, 2.45) is 5.92 Å². The molecule has 0 saturated heterocycles. The normalized spacial score (nSPS) is 12.2. The number of nitrogens with one attached hydrogen (secondary N) is 1. The molecule has 18 heavy (non-hydrogen) atoms. The molecule has 1 heterocycles. The molecule has 1 aromatic heterocycles. The summed E-state index contributed by atoms with van der Waals surface area (Å²) in [4.78, 5) is 19.4. The first-order valence-electron chi connectivity index (χ1n) is 6.04. The highest BCUT2D eigenvalue weighted by molar-refractivity contribution is 6.29. The second-order valence-electron chi connectivity index (χ2n) is 4.10. The Morgan fingerprint density at radius 2 is 2.22 bits per heavy atom. The van der Waals surface area contributed by atoms with E-state index in [1.54, 1.807) is 0 Å². The summed E-state index contributed by atoms with van der Waals surface area (Å²) >= 11 is 5.59. The lowest BCUT2D eigenvalue weighted by molar-refractivity contribution is 0.0937. The van der Waals surface area contributed by atoms with Crippen LogP contribution in [0.3, 0.4) is 0 Å². The van der Waals surface area contributed by atoms with Crippen molar-refractivity contribution in [1.82, 2.24) is 15.3 Å². The Labute approximate surface area is 112 Å². The molecule has 0 fully saturated rings. The molecule has 1 rings (SSSR count). The third kappa shape index (κ3) is 4.98. The number of carbonyl (C=O) groups excluding carboxylic acids is 1. The maximum atomic E-state index is 11.7. The monoisotopic (exact) mass is 271 g/mol. The number of aliphatic hydroxyl groups is 1. The second kappa shape index (κ2) is 8.00. The van der Waals surface area contributed by atoms with Crippen LogP contribution < -0.4 is 5.32 Å². The molecule has 6 heteroatoms. The maximum absolute atomic E-state index is 11.7.